The van der Waals surface area contributed by atoms with Gasteiger partial charge >= 0.3 is 0 Å². The van der Waals surface area contributed by atoms with E-state index in [2.05, 4.69) is 9.71 Å². The van der Waals surface area contributed by atoms with E-state index in [0.29, 0.717) is 31.1 Å². The highest BCUT2D eigenvalue weighted by Crippen LogP contribution is 2.18. The number of thiazole rings is 1. The van der Waals surface area contributed by atoms with Crippen LogP contribution >= 0.6 is 11.3 Å². The molecule has 1 aliphatic heterocycles. The van der Waals surface area contributed by atoms with E-state index in [1.165, 1.54) is 18.3 Å². The molecule has 1 fully saturated rings. The van der Waals surface area contributed by atoms with Gasteiger partial charge in [0.1, 0.15) is 10.7 Å². The van der Waals surface area contributed by atoms with Crippen LogP contribution in [0.3, 0.4) is 0 Å². The molecule has 2 heterocycles. The maximum absolute atomic E-state index is 12.9. The van der Waals surface area contributed by atoms with E-state index in [-0.39, 0.29) is 22.4 Å². The second kappa shape index (κ2) is 7.59. The third-order valence-corrected chi connectivity index (χ3v) is 6.18. The Hall–Kier alpha value is -1.84. The number of nitrogens with one attached hydrogen (secondary N) is 1. The van der Waals surface area contributed by atoms with Crippen LogP contribution in [0.2, 0.25) is 0 Å². The van der Waals surface area contributed by atoms with Crippen LogP contribution in [-0.2, 0) is 21.2 Å². The van der Waals surface area contributed by atoms with Gasteiger partial charge in [-0.05, 0) is 24.1 Å². The third kappa shape index (κ3) is 5.07. The lowest BCUT2D eigenvalue weighted by molar-refractivity contribution is 0.0985. The van der Waals surface area contributed by atoms with E-state index in [0.717, 1.165) is 16.9 Å². The first kappa shape index (κ1) is 18.0. The molecule has 3 rings (SSSR count). The zero-order chi connectivity index (χ0) is 17.9. The lowest BCUT2D eigenvalue weighted by Gasteiger charge is -2.09. The summed E-state index contributed by atoms with van der Waals surface area (Å²) in [6.45, 7) is 0.952. The molecular formula is C16H17FN2O4S2. The maximum Gasteiger partial charge on any atom is 0.276 e. The first-order valence-electron chi connectivity index (χ1n) is 7.73. The van der Waals surface area contributed by atoms with Gasteiger partial charge in [0.15, 0.2) is 0 Å². The lowest BCUT2D eigenvalue weighted by atomic mass is 10.2. The average Bonchev–Trinajstić information content (AvgIpc) is 3.20. The molecule has 1 saturated heterocycles. The SMILES string of the molecule is O=C(NS(=O)(=O)C[C@H]1CCOC1)c1cnc(Cc2ccc(F)cc2)s1. The van der Waals surface area contributed by atoms with E-state index in [1.807, 2.05) is 0 Å². The molecule has 1 amide bonds. The standard InChI is InChI=1S/C16H17FN2O4S2/c17-13-3-1-11(2-4-13)7-15-18-8-14(24-15)16(20)19-25(21,22)10-12-5-6-23-9-12/h1-4,8,12H,5-7,9-10H2,(H,19,20)/t12-/m0/s1. The van der Waals surface area contributed by atoms with Crippen molar-refractivity contribution in [2.75, 3.05) is 19.0 Å². The van der Waals surface area contributed by atoms with E-state index in [4.69, 9.17) is 4.74 Å². The van der Waals surface area contributed by atoms with E-state index in [1.54, 1.807) is 12.1 Å². The molecule has 0 spiro atoms. The molecule has 0 radical (unpaired) electrons. The molecule has 0 aliphatic carbocycles. The monoisotopic (exact) mass is 384 g/mol. The van der Waals surface area contributed by atoms with Crippen molar-refractivity contribution in [3.8, 4) is 0 Å². The number of aromatic nitrogens is 1. The van der Waals surface area contributed by atoms with Crippen LogP contribution in [0.25, 0.3) is 0 Å². The summed E-state index contributed by atoms with van der Waals surface area (Å²) in [6, 6.07) is 6.00. The summed E-state index contributed by atoms with van der Waals surface area (Å²) in [4.78, 5) is 16.5. The van der Waals surface area contributed by atoms with Gasteiger partial charge in [0.05, 0.1) is 23.6 Å². The maximum atomic E-state index is 12.9. The molecule has 1 aliphatic rings. The van der Waals surface area contributed by atoms with Gasteiger partial charge in [0, 0.05) is 18.9 Å². The molecule has 6 nitrogen and oxygen atoms in total. The summed E-state index contributed by atoms with van der Waals surface area (Å²) in [6.07, 6.45) is 2.48. The first-order chi connectivity index (χ1) is 11.9. The highest BCUT2D eigenvalue weighted by atomic mass is 32.2. The highest BCUT2D eigenvalue weighted by molar-refractivity contribution is 7.90. The van der Waals surface area contributed by atoms with Crippen molar-refractivity contribution in [1.82, 2.24) is 9.71 Å². The van der Waals surface area contributed by atoms with Crippen LogP contribution in [0.4, 0.5) is 4.39 Å². The van der Waals surface area contributed by atoms with Crippen molar-refractivity contribution in [2.45, 2.75) is 12.8 Å². The molecule has 1 aromatic heterocycles. The number of nitrogens with zero attached hydrogens (tertiary/aromatic N) is 1. The lowest BCUT2D eigenvalue weighted by Crippen LogP contribution is -2.34. The Morgan fingerprint density at radius 1 is 1.36 bits per heavy atom. The van der Waals surface area contributed by atoms with Crippen molar-refractivity contribution in [2.24, 2.45) is 5.92 Å². The fourth-order valence-electron chi connectivity index (χ4n) is 2.53. The quantitative estimate of drug-likeness (QED) is 0.823. The molecule has 1 atom stereocenters. The Morgan fingerprint density at radius 3 is 2.80 bits per heavy atom. The Kier molecular flexibility index (Phi) is 5.45. The fourth-order valence-corrected chi connectivity index (χ4v) is 4.80. The van der Waals surface area contributed by atoms with Crippen molar-refractivity contribution >= 4 is 27.3 Å². The number of carbonyl (C=O) groups excluding carboxylic acids is 1. The topological polar surface area (TPSA) is 85.4 Å². The molecule has 0 unspecified atom stereocenters. The number of carbonyl (C=O) groups is 1. The number of amides is 1. The van der Waals surface area contributed by atoms with Crippen LogP contribution < -0.4 is 4.72 Å². The van der Waals surface area contributed by atoms with Crippen molar-refractivity contribution < 1.29 is 22.3 Å². The van der Waals surface area contributed by atoms with Crippen molar-refractivity contribution in [3.05, 3.63) is 51.7 Å². The van der Waals surface area contributed by atoms with Gasteiger partial charge in [-0.15, -0.1) is 11.3 Å². The number of ether oxygens (including phenoxy) is 1. The van der Waals surface area contributed by atoms with E-state index in [9.17, 15) is 17.6 Å². The molecule has 0 saturated carbocycles. The predicted octanol–water partition coefficient (Wildman–Crippen LogP) is 1.97. The zero-order valence-electron chi connectivity index (χ0n) is 13.3. The molecule has 1 N–H and O–H groups in total. The fraction of sp³-hybridized carbons (Fsp3) is 0.375. The van der Waals surface area contributed by atoms with Gasteiger partial charge in [0.2, 0.25) is 10.0 Å². The number of hydrogen-bond acceptors (Lipinski definition) is 6. The van der Waals surface area contributed by atoms with E-state index >= 15 is 0 Å². The van der Waals surface area contributed by atoms with Crippen LogP contribution in [0, 0.1) is 11.7 Å². The Balaban J connectivity index is 1.60. The average molecular weight is 384 g/mol. The molecule has 0 bridgehead atoms. The zero-order valence-corrected chi connectivity index (χ0v) is 14.9. The highest BCUT2D eigenvalue weighted by Gasteiger charge is 2.25. The Morgan fingerprint density at radius 2 is 2.12 bits per heavy atom. The van der Waals surface area contributed by atoms with Crippen LogP contribution in [0.5, 0.6) is 0 Å². The minimum atomic E-state index is -3.71. The van der Waals surface area contributed by atoms with Gasteiger partial charge < -0.3 is 4.74 Å². The molecule has 9 heteroatoms. The van der Waals surface area contributed by atoms with Gasteiger partial charge in [-0.3, -0.25) is 4.79 Å². The molecule has 25 heavy (non-hydrogen) atoms. The van der Waals surface area contributed by atoms with Crippen LogP contribution in [0.15, 0.2) is 30.5 Å². The number of benzene rings is 1. The Labute approximate surface area is 149 Å². The molecule has 134 valence electrons. The largest absolute Gasteiger partial charge is 0.381 e. The molecular weight excluding hydrogens is 367 g/mol. The number of rotatable bonds is 6. The van der Waals surface area contributed by atoms with Gasteiger partial charge in [0.25, 0.3) is 5.91 Å². The summed E-state index contributed by atoms with van der Waals surface area (Å²) < 4.78 is 44.3. The third-order valence-electron chi connectivity index (χ3n) is 3.77. The second-order valence-corrected chi connectivity index (χ2v) is 8.75. The number of halogens is 1. The van der Waals surface area contributed by atoms with Crippen molar-refractivity contribution in [1.29, 1.82) is 0 Å². The van der Waals surface area contributed by atoms with E-state index < -0.39 is 15.9 Å². The van der Waals surface area contributed by atoms with Gasteiger partial charge in [-0.2, -0.15) is 0 Å². The summed E-state index contributed by atoms with van der Waals surface area (Å²) >= 11 is 1.12. The Bertz CT molecular complexity index is 843. The summed E-state index contributed by atoms with van der Waals surface area (Å²) in [7, 11) is -3.71. The van der Waals surface area contributed by atoms with Gasteiger partial charge in [-0.1, -0.05) is 12.1 Å². The minimum absolute atomic E-state index is 0.0826. The molecule has 1 aromatic carbocycles. The number of hydrogen-bond donors (Lipinski definition) is 1. The smallest absolute Gasteiger partial charge is 0.276 e. The normalized spacial score (nSPS) is 17.6. The van der Waals surface area contributed by atoms with Gasteiger partial charge in [-0.25, -0.2) is 22.5 Å². The second-order valence-electron chi connectivity index (χ2n) is 5.86. The summed E-state index contributed by atoms with van der Waals surface area (Å²) in [5.41, 5.74) is 0.858. The minimum Gasteiger partial charge on any atom is -0.381 e. The summed E-state index contributed by atoms with van der Waals surface area (Å²) in [5.74, 6) is -1.21. The number of sulfonamides is 1. The van der Waals surface area contributed by atoms with Crippen LogP contribution in [-0.4, -0.2) is 38.3 Å². The first-order valence-corrected chi connectivity index (χ1v) is 10.2. The summed E-state index contributed by atoms with van der Waals surface area (Å²) in [5, 5.41) is 0.651. The van der Waals surface area contributed by atoms with Crippen molar-refractivity contribution in [3.63, 3.8) is 0 Å². The molecule has 2 aromatic rings. The predicted molar refractivity (Wildman–Crippen MR) is 91.5 cm³/mol. The van der Waals surface area contributed by atoms with Crippen LogP contribution in [0.1, 0.15) is 26.7 Å².